The third-order valence-corrected chi connectivity index (χ3v) is 4.08. The second-order valence-corrected chi connectivity index (χ2v) is 6.15. The Balaban J connectivity index is 1.58. The van der Waals surface area contributed by atoms with Gasteiger partial charge in [0.1, 0.15) is 25.4 Å². The van der Waals surface area contributed by atoms with Gasteiger partial charge in [-0.3, -0.25) is 14.4 Å². The van der Waals surface area contributed by atoms with Crippen LogP contribution in [-0.4, -0.2) is 49.3 Å². The monoisotopic (exact) mass is 354 g/mol. The highest BCUT2D eigenvalue weighted by atomic mass is 16.6. The molecule has 1 heterocycles. The van der Waals surface area contributed by atoms with Crippen molar-refractivity contribution in [2.75, 3.05) is 13.2 Å². The van der Waals surface area contributed by atoms with Crippen molar-refractivity contribution in [2.24, 2.45) is 5.92 Å². The van der Waals surface area contributed by atoms with E-state index in [1.807, 2.05) is 0 Å². The normalized spacial score (nSPS) is 24.2. The Labute approximate surface area is 145 Å². The first-order chi connectivity index (χ1) is 11.9. The van der Waals surface area contributed by atoms with Crippen molar-refractivity contribution >= 4 is 23.9 Å². The van der Waals surface area contributed by atoms with Crippen LogP contribution in [0.2, 0.25) is 0 Å². The Morgan fingerprint density at radius 2 is 1.80 bits per heavy atom. The Morgan fingerprint density at radius 1 is 1.12 bits per heavy atom. The summed E-state index contributed by atoms with van der Waals surface area (Å²) in [6, 6.07) is 0. The average Bonchev–Trinajstić information content (AvgIpc) is 2.87. The number of carbonyl (C=O) groups excluding carboxylic acids is 4. The molecule has 0 amide bonds. The van der Waals surface area contributed by atoms with Gasteiger partial charge in [0.25, 0.3) is 0 Å². The summed E-state index contributed by atoms with van der Waals surface area (Å²) in [6.07, 6.45) is 0.765. The van der Waals surface area contributed by atoms with Crippen LogP contribution in [0.15, 0.2) is 12.2 Å². The number of hydrogen-bond donors (Lipinski definition) is 0. The van der Waals surface area contributed by atoms with Crippen LogP contribution in [0.25, 0.3) is 0 Å². The Bertz CT molecular complexity index is 567. The molecule has 0 radical (unpaired) electrons. The SMILES string of the molecule is C=C(C)C(=O)OCCOC(=O)CCC(=O)OC1CCC2CC1OC2=O. The molecule has 3 atom stereocenters. The van der Waals surface area contributed by atoms with Crippen LogP contribution in [0.1, 0.15) is 39.0 Å². The van der Waals surface area contributed by atoms with Crippen LogP contribution in [0.3, 0.4) is 0 Å². The summed E-state index contributed by atoms with van der Waals surface area (Å²) < 4.78 is 20.1. The third-order valence-electron chi connectivity index (χ3n) is 4.08. The van der Waals surface area contributed by atoms with Crippen molar-refractivity contribution in [1.29, 1.82) is 0 Å². The third kappa shape index (κ3) is 5.58. The molecule has 0 N–H and O–H groups in total. The number of hydrogen-bond acceptors (Lipinski definition) is 8. The van der Waals surface area contributed by atoms with Gasteiger partial charge >= 0.3 is 23.9 Å². The van der Waals surface area contributed by atoms with Crippen molar-refractivity contribution < 1.29 is 38.1 Å². The van der Waals surface area contributed by atoms with Crippen LogP contribution >= 0.6 is 0 Å². The maximum Gasteiger partial charge on any atom is 0.333 e. The van der Waals surface area contributed by atoms with E-state index in [4.69, 9.17) is 18.9 Å². The van der Waals surface area contributed by atoms with E-state index in [1.54, 1.807) is 0 Å². The summed E-state index contributed by atoms with van der Waals surface area (Å²) in [4.78, 5) is 45.9. The van der Waals surface area contributed by atoms with Gasteiger partial charge in [-0.1, -0.05) is 6.58 Å². The molecule has 1 aliphatic carbocycles. The predicted octanol–water partition coefficient (Wildman–Crippen LogP) is 1.07. The molecule has 1 saturated heterocycles. The molecule has 0 aromatic rings. The van der Waals surface area contributed by atoms with Crippen LogP contribution < -0.4 is 0 Å². The first-order valence-electron chi connectivity index (χ1n) is 8.25. The van der Waals surface area contributed by atoms with Gasteiger partial charge in [0.15, 0.2) is 0 Å². The van der Waals surface area contributed by atoms with Crippen molar-refractivity contribution in [3.63, 3.8) is 0 Å². The van der Waals surface area contributed by atoms with E-state index in [2.05, 4.69) is 6.58 Å². The zero-order chi connectivity index (χ0) is 18.4. The smallest absolute Gasteiger partial charge is 0.333 e. The molecule has 2 rings (SSSR count). The summed E-state index contributed by atoms with van der Waals surface area (Å²) in [5.74, 6) is -1.97. The fourth-order valence-corrected chi connectivity index (χ4v) is 2.74. The Kier molecular flexibility index (Phi) is 6.55. The number of rotatable bonds is 8. The molecule has 1 saturated carbocycles. The fraction of sp³-hybridized carbons (Fsp3) is 0.647. The molecule has 0 aromatic heterocycles. The van der Waals surface area contributed by atoms with Gasteiger partial charge in [-0.2, -0.15) is 0 Å². The molecule has 25 heavy (non-hydrogen) atoms. The van der Waals surface area contributed by atoms with Crippen LogP contribution in [0.5, 0.6) is 0 Å². The van der Waals surface area contributed by atoms with Crippen molar-refractivity contribution in [3.05, 3.63) is 12.2 Å². The summed E-state index contributed by atoms with van der Waals surface area (Å²) in [7, 11) is 0. The van der Waals surface area contributed by atoms with E-state index in [9.17, 15) is 19.2 Å². The Hall–Kier alpha value is -2.38. The van der Waals surface area contributed by atoms with Gasteiger partial charge < -0.3 is 18.9 Å². The molecule has 138 valence electrons. The molecule has 0 aromatic carbocycles. The minimum absolute atomic E-state index is 0.0713. The van der Waals surface area contributed by atoms with Crippen LogP contribution in [0, 0.1) is 5.92 Å². The first kappa shape index (κ1) is 19.0. The van der Waals surface area contributed by atoms with Crippen molar-refractivity contribution in [3.8, 4) is 0 Å². The molecule has 0 spiro atoms. The second kappa shape index (κ2) is 8.64. The van der Waals surface area contributed by atoms with Gasteiger partial charge in [0.2, 0.25) is 0 Å². The highest BCUT2D eigenvalue weighted by molar-refractivity contribution is 5.86. The highest BCUT2D eigenvalue weighted by Gasteiger charge is 2.44. The minimum Gasteiger partial charge on any atom is -0.462 e. The maximum atomic E-state index is 11.8. The molecule has 3 unspecified atom stereocenters. The van der Waals surface area contributed by atoms with E-state index >= 15 is 0 Å². The standard InChI is InChI=1S/C17H22O8/c1-10(2)16(20)23-8-7-22-14(18)5-6-15(19)24-12-4-3-11-9-13(12)25-17(11)21/h11-13H,1,3-9H2,2H3. The summed E-state index contributed by atoms with van der Waals surface area (Å²) >= 11 is 0. The van der Waals surface area contributed by atoms with E-state index in [1.165, 1.54) is 6.92 Å². The maximum absolute atomic E-state index is 11.8. The van der Waals surface area contributed by atoms with E-state index in [-0.39, 0.29) is 49.6 Å². The summed E-state index contributed by atoms with van der Waals surface area (Å²) in [5.41, 5.74) is 0.260. The lowest BCUT2D eigenvalue weighted by molar-refractivity contribution is -0.162. The molecule has 1 aliphatic heterocycles. The minimum atomic E-state index is -0.584. The Morgan fingerprint density at radius 3 is 2.52 bits per heavy atom. The van der Waals surface area contributed by atoms with Gasteiger partial charge in [-0.15, -0.1) is 0 Å². The van der Waals surface area contributed by atoms with Gasteiger partial charge in [0, 0.05) is 12.0 Å². The molecule has 2 aliphatic rings. The number of ether oxygens (including phenoxy) is 4. The lowest BCUT2D eigenvalue weighted by Crippen LogP contribution is -2.33. The zero-order valence-electron chi connectivity index (χ0n) is 14.2. The van der Waals surface area contributed by atoms with Gasteiger partial charge in [-0.05, 0) is 19.8 Å². The summed E-state index contributed by atoms with van der Waals surface area (Å²) in [5, 5.41) is 0. The fourth-order valence-electron chi connectivity index (χ4n) is 2.74. The molecule has 8 nitrogen and oxygen atoms in total. The molecule has 2 bridgehead atoms. The predicted molar refractivity (Wildman–Crippen MR) is 83.1 cm³/mol. The first-order valence-corrected chi connectivity index (χ1v) is 8.25. The van der Waals surface area contributed by atoms with Crippen LogP contribution in [0.4, 0.5) is 0 Å². The van der Waals surface area contributed by atoms with Gasteiger partial charge in [-0.25, -0.2) is 4.79 Å². The molecule has 8 heteroatoms. The largest absolute Gasteiger partial charge is 0.462 e. The quantitative estimate of drug-likeness (QED) is 0.276. The molecule has 2 fully saturated rings. The summed E-state index contributed by atoms with van der Waals surface area (Å²) in [6.45, 7) is 4.78. The number of fused-ring (bicyclic) bond motifs is 2. The van der Waals surface area contributed by atoms with Gasteiger partial charge in [0.05, 0.1) is 18.8 Å². The average molecular weight is 354 g/mol. The van der Waals surface area contributed by atoms with E-state index < -0.39 is 24.0 Å². The molecular formula is C17H22O8. The van der Waals surface area contributed by atoms with E-state index in [0.29, 0.717) is 19.3 Å². The van der Waals surface area contributed by atoms with Crippen molar-refractivity contribution in [1.82, 2.24) is 0 Å². The zero-order valence-corrected chi connectivity index (χ0v) is 14.2. The van der Waals surface area contributed by atoms with E-state index in [0.717, 1.165) is 0 Å². The lowest BCUT2D eigenvalue weighted by atomic mass is 9.88. The second-order valence-electron chi connectivity index (χ2n) is 6.15. The van der Waals surface area contributed by atoms with Crippen LogP contribution in [-0.2, 0) is 38.1 Å². The lowest BCUT2D eigenvalue weighted by Gasteiger charge is -2.25. The molecular weight excluding hydrogens is 332 g/mol. The van der Waals surface area contributed by atoms with Crippen molar-refractivity contribution in [2.45, 2.75) is 51.2 Å². The number of esters is 4. The highest BCUT2D eigenvalue weighted by Crippen LogP contribution is 2.35. The number of carbonyl (C=O) groups is 4. The topological polar surface area (TPSA) is 105 Å².